The molecule has 17 heavy (non-hydrogen) atoms. The maximum absolute atomic E-state index is 11.4. The van der Waals surface area contributed by atoms with Crippen molar-refractivity contribution >= 4 is 29.8 Å². The second-order valence-corrected chi connectivity index (χ2v) is 3.92. The van der Waals surface area contributed by atoms with E-state index in [4.69, 9.17) is 11.6 Å². The van der Waals surface area contributed by atoms with E-state index < -0.39 is 18.0 Å². The first kappa shape index (κ1) is 11.6. The Morgan fingerprint density at radius 2 is 2.12 bits per heavy atom. The van der Waals surface area contributed by atoms with Gasteiger partial charge in [-0.15, -0.1) is 0 Å². The molecule has 0 bridgehead atoms. The van der Waals surface area contributed by atoms with E-state index >= 15 is 0 Å². The Morgan fingerprint density at radius 1 is 1.35 bits per heavy atom. The van der Waals surface area contributed by atoms with Crippen LogP contribution in [0.2, 0.25) is 5.02 Å². The van der Waals surface area contributed by atoms with Crippen LogP contribution < -0.4 is 10.6 Å². The molecule has 0 spiro atoms. The zero-order valence-corrected chi connectivity index (χ0v) is 9.57. The molecule has 0 saturated carbocycles. The molecule has 5 nitrogen and oxygen atoms in total. The molecule has 2 N–H and O–H groups in total. The molecular formula is C11H10ClN3O2. The van der Waals surface area contributed by atoms with Gasteiger partial charge in [-0.05, 0) is 6.07 Å². The van der Waals surface area contributed by atoms with Crippen LogP contribution in [0, 0.1) is 0 Å². The van der Waals surface area contributed by atoms with E-state index in [0.29, 0.717) is 5.02 Å². The molecule has 2 rings (SSSR count). The number of nitrogens with one attached hydrogen (secondary N) is 2. The Bertz CT molecular complexity index is 487. The van der Waals surface area contributed by atoms with Crippen molar-refractivity contribution in [2.45, 2.75) is 6.04 Å². The summed E-state index contributed by atoms with van der Waals surface area (Å²) in [4.78, 5) is 26.3. The van der Waals surface area contributed by atoms with Crippen molar-refractivity contribution in [1.82, 2.24) is 10.6 Å². The van der Waals surface area contributed by atoms with Gasteiger partial charge in [0.25, 0.3) is 5.91 Å². The molecule has 1 fully saturated rings. The Kier molecular flexibility index (Phi) is 3.39. The fraction of sp³-hybridized carbons (Fsp3) is 0.182. The summed E-state index contributed by atoms with van der Waals surface area (Å²) in [7, 11) is 0. The number of aliphatic imine (C=N–C) groups is 1. The molecule has 1 aliphatic rings. The molecule has 6 heteroatoms. The lowest BCUT2D eigenvalue weighted by Gasteiger charge is -2.18. The number of amides is 3. The highest BCUT2D eigenvalue weighted by Crippen LogP contribution is 2.12. The van der Waals surface area contributed by atoms with E-state index in [1.807, 2.05) is 12.1 Å². The molecule has 1 aromatic carbocycles. The highest BCUT2D eigenvalue weighted by Gasteiger charge is 2.24. The van der Waals surface area contributed by atoms with Gasteiger partial charge in [-0.3, -0.25) is 15.1 Å². The highest BCUT2D eigenvalue weighted by atomic mass is 35.5. The van der Waals surface area contributed by atoms with Gasteiger partial charge >= 0.3 is 6.03 Å². The molecule has 1 atom stereocenters. The fourth-order valence-electron chi connectivity index (χ4n) is 1.39. The molecule has 0 aliphatic carbocycles. The Hall–Kier alpha value is -1.88. The molecule has 1 unspecified atom stereocenters. The summed E-state index contributed by atoms with van der Waals surface area (Å²) in [5.74, 6) is -0.406. The molecular weight excluding hydrogens is 242 g/mol. The normalized spacial score (nSPS) is 20.2. The van der Waals surface area contributed by atoms with Crippen molar-refractivity contribution < 1.29 is 9.59 Å². The van der Waals surface area contributed by atoms with E-state index in [1.54, 1.807) is 12.1 Å². The minimum atomic E-state index is -0.607. The zero-order chi connectivity index (χ0) is 12.3. The lowest BCUT2D eigenvalue weighted by molar-refractivity contribution is -0.121. The van der Waals surface area contributed by atoms with Crippen LogP contribution in [0.15, 0.2) is 29.3 Å². The van der Waals surface area contributed by atoms with Crippen molar-refractivity contribution in [3.8, 4) is 0 Å². The molecule has 1 aromatic rings. The summed E-state index contributed by atoms with van der Waals surface area (Å²) in [5, 5.41) is 5.21. The maximum Gasteiger partial charge on any atom is 0.321 e. The van der Waals surface area contributed by atoms with Crippen LogP contribution in [0.25, 0.3) is 0 Å². The number of nitrogens with zero attached hydrogens (tertiary/aromatic N) is 1. The number of benzene rings is 1. The van der Waals surface area contributed by atoms with Crippen LogP contribution >= 0.6 is 11.6 Å². The van der Waals surface area contributed by atoms with Crippen LogP contribution in [-0.4, -0.2) is 30.7 Å². The third-order valence-electron chi connectivity index (χ3n) is 2.29. The first-order chi connectivity index (χ1) is 8.16. The lowest BCUT2D eigenvalue weighted by atomic mass is 10.2. The van der Waals surface area contributed by atoms with Gasteiger partial charge in [-0.1, -0.05) is 29.8 Å². The summed E-state index contributed by atoms with van der Waals surface area (Å²) in [5.41, 5.74) is 0.735. The summed E-state index contributed by atoms with van der Waals surface area (Å²) in [6, 6.07) is 6.09. The van der Waals surface area contributed by atoms with E-state index in [0.717, 1.165) is 5.56 Å². The van der Waals surface area contributed by atoms with Gasteiger partial charge in [0.1, 0.15) is 6.04 Å². The number of urea groups is 1. The van der Waals surface area contributed by atoms with Gasteiger partial charge in [0.15, 0.2) is 0 Å². The quantitative estimate of drug-likeness (QED) is 0.769. The van der Waals surface area contributed by atoms with Gasteiger partial charge < -0.3 is 5.32 Å². The second kappa shape index (κ2) is 4.97. The van der Waals surface area contributed by atoms with Crippen molar-refractivity contribution in [2.24, 2.45) is 4.99 Å². The standard InChI is InChI=1S/C11H10ClN3O2/c12-8-4-2-1-3-7(8)5-13-9-6-14-11(17)15-10(9)16/h1-5,9H,6H2,(H2,14,15,16,17). The molecule has 88 valence electrons. The topological polar surface area (TPSA) is 70.6 Å². The number of rotatable bonds is 2. The Labute approximate surface area is 103 Å². The monoisotopic (exact) mass is 251 g/mol. The minimum Gasteiger partial charge on any atom is -0.335 e. The van der Waals surface area contributed by atoms with Gasteiger partial charge in [0.05, 0.1) is 6.54 Å². The number of carbonyl (C=O) groups is 2. The Morgan fingerprint density at radius 3 is 2.82 bits per heavy atom. The van der Waals surface area contributed by atoms with Gasteiger partial charge in [-0.2, -0.15) is 0 Å². The third-order valence-corrected chi connectivity index (χ3v) is 2.64. The summed E-state index contributed by atoms with van der Waals surface area (Å²) in [6.45, 7) is 0.200. The molecule has 0 radical (unpaired) electrons. The highest BCUT2D eigenvalue weighted by molar-refractivity contribution is 6.33. The van der Waals surface area contributed by atoms with Gasteiger partial charge in [0, 0.05) is 16.8 Å². The first-order valence-electron chi connectivity index (χ1n) is 5.03. The SMILES string of the molecule is O=C1NCC(N=Cc2ccccc2Cl)C(=O)N1. The average Bonchev–Trinajstić information content (AvgIpc) is 2.30. The number of halogens is 1. The van der Waals surface area contributed by atoms with E-state index in [9.17, 15) is 9.59 Å². The summed E-state index contributed by atoms with van der Waals surface area (Å²) in [6.07, 6.45) is 1.53. The smallest absolute Gasteiger partial charge is 0.321 e. The van der Waals surface area contributed by atoms with Crippen molar-refractivity contribution in [3.63, 3.8) is 0 Å². The van der Waals surface area contributed by atoms with E-state index in [1.165, 1.54) is 6.21 Å². The van der Waals surface area contributed by atoms with Crippen molar-refractivity contribution in [2.75, 3.05) is 6.54 Å². The van der Waals surface area contributed by atoms with Crippen LogP contribution in [0.3, 0.4) is 0 Å². The maximum atomic E-state index is 11.4. The Balaban J connectivity index is 2.09. The fourth-order valence-corrected chi connectivity index (χ4v) is 1.58. The minimum absolute atomic E-state index is 0.200. The van der Waals surface area contributed by atoms with E-state index in [2.05, 4.69) is 15.6 Å². The van der Waals surface area contributed by atoms with Crippen molar-refractivity contribution in [1.29, 1.82) is 0 Å². The van der Waals surface area contributed by atoms with Gasteiger partial charge in [0.2, 0.25) is 0 Å². The average molecular weight is 252 g/mol. The number of imide groups is 1. The first-order valence-corrected chi connectivity index (χ1v) is 5.41. The third kappa shape index (κ3) is 2.82. The molecule has 1 saturated heterocycles. The van der Waals surface area contributed by atoms with Crippen LogP contribution in [0.1, 0.15) is 5.56 Å². The van der Waals surface area contributed by atoms with Crippen LogP contribution in [-0.2, 0) is 4.79 Å². The number of hydrogen-bond donors (Lipinski definition) is 2. The lowest BCUT2D eigenvalue weighted by Crippen LogP contribution is -2.54. The largest absolute Gasteiger partial charge is 0.335 e. The molecule has 3 amide bonds. The molecule has 1 heterocycles. The predicted octanol–water partition coefficient (Wildman–Crippen LogP) is 0.967. The number of carbonyl (C=O) groups excluding carboxylic acids is 2. The zero-order valence-electron chi connectivity index (χ0n) is 8.81. The second-order valence-electron chi connectivity index (χ2n) is 3.51. The summed E-state index contributed by atoms with van der Waals surface area (Å²) < 4.78 is 0. The molecule has 1 aliphatic heterocycles. The van der Waals surface area contributed by atoms with Crippen LogP contribution in [0.5, 0.6) is 0 Å². The molecule has 0 aromatic heterocycles. The number of hydrogen-bond acceptors (Lipinski definition) is 3. The van der Waals surface area contributed by atoms with Crippen LogP contribution in [0.4, 0.5) is 4.79 Å². The van der Waals surface area contributed by atoms with Crippen molar-refractivity contribution in [3.05, 3.63) is 34.9 Å². The van der Waals surface area contributed by atoms with Gasteiger partial charge in [-0.25, -0.2) is 4.79 Å². The van der Waals surface area contributed by atoms with E-state index in [-0.39, 0.29) is 6.54 Å². The predicted molar refractivity (Wildman–Crippen MR) is 64.4 cm³/mol. The summed E-state index contributed by atoms with van der Waals surface area (Å²) >= 11 is 5.94.